The van der Waals surface area contributed by atoms with Gasteiger partial charge in [-0.05, 0) is 117 Å². The van der Waals surface area contributed by atoms with E-state index in [2.05, 4.69) is 27.7 Å². The van der Waals surface area contributed by atoms with Gasteiger partial charge < -0.3 is 40.0 Å². The van der Waals surface area contributed by atoms with E-state index in [0.29, 0.717) is 32.0 Å². The van der Waals surface area contributed by atoms with Gasteiger partial charge in [0, 0.05) is 13.5 Å². The van der Waals surface area contributed by atoms with Crippen molar-refractivity contribution in [1.82, 2.24) is 4.90 Å². The summed E-state index contributed by atoms with van der Waals surface area (Å²) in [7, 11) is 0. The summed E-state index contributed by atoms with van der Waals surface area (Å²) < 4.78 is 25.2. The molecule has 2 saturated heterocycles. The molecular formula is C38H62N2O9. The Labute approximate surface area is 291 Å². The number of nitrogens with zero attached hydrogens (tertiary/aromatic N) is 1. The first-order valence-corrected chi connectivity index (χ1v) is 19.0. The van der Waals surface area contributed by atoms with Gasteiger partial charge in [0.1, 0.15) is 6.04 Å². The quantitative estimate of drug-likeness (QED) is 0.289. The van der Waals surface area contributed by atoms with E-state index in [1.807, 2.05) is 4.90 Å². The smallest absolute Gasteiger partial charge is 0.320 e. The fourth-order valence-corrected chi connectivity index (χ4v) is 13.6. The average Bonchev–Trinajstić information content (AvgIpc) is 3.65. The number of fused-ring (bicyclic) bond motifs is 4. The van der Waals surface area contributed by atoms with Crippen LogP contribution < -0.4 is 5.73 Å². The summed E-state index contributed by atoms with van der Waals surface area (Å²) in [6.45, 7) is 17.1. The van der Waals surface area contributed by atoms with Gasteiger partial charge in [0.15, 0.2) is 12.4 Å². The molecule has 0 aromatic heterocycles. The highest BCUT2D eigenvalue weighted by atomic mass is 16.7. The molecule has 49 heavy (non-hydrogen) atoms. The van der Waals surface area contributed by atoms with E-state index in [-0.39, 0.29) is 45.5 Å². The number of esters is 1. The number of carbonyl (C=O) groups excluding carboxylic acids is 1. The molecule has 2 heterocycles. The van der Waals surface area contributed by atoms with Gasteiger partial charge in [-0.2, -0.15) is 0 Å². The predicted molar refractivity (Wildman–Crippen MR) is 180 cm³/mol. The van der Waals surface area contributed by atoms with E-state index in [1.54, 1.807) is 20.8 Å². The number of carboxylic acids is 1. The van der Waals surface area contributed by atoms with Crippen LogP contribution in [0.1, 0.15) is 107 Å². The second-order valence-electron chi connectivity index (χ2n) is 18.8. The summed E-state index contributed by atoms with van der Waals surface area (Å²) in [6, 6.07) is -0.578. The van der Waals surface area contributed by atoms with Crippen LogP contribution in [0.4, 0.5) is 0 Å². The van der Waals surface area contributed by atoms with E-state index in [1.165, 1.54) is 6.92 Å². The molecule has 7 fully saturated rings. The standard InChI is InChI=1S/C38H62N2O9/c1-20-17-23(31(34(6,7)45)47-22(3)41)48-29-28(20)35(8)13-14-37-19-36(37)12-11-26(49-27-18-40(15-16-46-27)21(2)32(43)44)33(4,5)24(36)9-10-25(37)38(35,39)30(29)42/h20-21,23-31,42,45H,9-19,39H2,1-8H3,(H,43,44)/t20-,21+,23?,24+,25?,26+,27+,28+,29?,30+,31+,35-,36-,37+,38+/m1/s1. The Morgan fingerprint density at radius 1 is 1.06 bits per heavy atom. The highest BCUT2D eigenvalue weighted by Gasteiger charge is 2.85. The molecule has 0 aromatic rings. The first-order valence-electron chi connectivity index (χ1n) is 19.0. The van der Waals surface area contributed by atoms with Gasteiger partial charge in [-0.1, -0.05) is 27.7 Å². The third-order valence-corrected chi connectivity index (χ3v) is 15.9. The number of morpholine rings is 1. The number of aliphatic carboxylic acids is 1. The lowest BCUT2D eigenvalue weighted by Crippen LogP contribution is -2.70. The minimum atomic E-state index is -1.30. The van der Waals surface area contributed by atoms with Crippen LogP contribution in [-0.2, 0) is 28.5 Å². The third kappa shape index (κ3) is 4.98. The van der Waals surface area contributed by atoms with Crippen molar-refractivity contribution in [3.8, 4) is 0 Å². The lowest BCUT2D eigenvalue weighted by Gasteiger charge is -2.63. The SMILES string of the molecule is CC(=O)O[C@@H](C1C[C@@H](C)[C@H]2C(O1)[C@H](O)[C@@]1(N)C3CC[C@H]4C(C)(C)[C@@H](O[C@H]5CN([C@@H](C)C(=O)O)CCO5)CC[C@@]45C[C@@]35CC[C@]21C)C(C)(C)O. The van der Waals surface area contributed by atoms with Crippen LogP contribution in [-0.4, -0.2) is 106 Å². The zero-order chi connectivity index (χ0) is 35.7. The molecule has 5 aliphatic carbocycles. The number of carboxylic acid groups (broad SMARTS) is 1. The summed E-state index contributed by atoms with van der Waals surface area (Å²) >= 11 is 0. The summed E-state index contributed by atoms with van der Waals surface area (Å²) in [4.78, 5) is 25.7. The molecule has 2 aliphatic heterocycles. The molecule has 278 valence electrons. The highest BCUT2D eigenvalue weighted by Crippen LogP contribution is 2.87. The van der Waals surface area contributed by atoms with E-state index < -0.39 is 59.8 Å². The number of aliphatic hydroxyl groups is 2. The van der Waals surface area contributed by atoms with Crippen LogP contribution in [0.3, 0.4) is 0 Å². The van der Waals surface area contributed by atoms with Crippen molar-refractivity contribution in [2.75, 3.05) is 19.7 Å². The monoisotopic (exact) mass is 690 g/mol. The molecule has 5 N–H and O–H groups in total. The highest BCUT2D eigenvalue weighted by molar-refractivity contribution is 5.72. The number of hydrogen-bond donors (Lipinski definition) is 4. The summed E-state index contributed by atoms with van der Waals surface area (Å²) in [6.07, 6.45) is 4.58. The molecule has 5 saturated carbocycles. The van der Waals surface area contributed by atoms with Crippen LogP contribution in [0.25, 0.3) is 0 Å². The fraction of sp³-hybridized carbons (Fsp3) is 0.947. The zero-order valence-electron chi connectivity index (χ0n) is 30.9. The van der Waals surface area contributed by atoms with Crippen molar-refractivity contribution >= 4 is 11.9 Å². The van der Waals surface area contributed by atoms with Gasteiger partial charge in [0.05, 0.1) is 48.7 Å². The molecule has 0 radical (unpaired) electrons. The Bertz CT molecular complexity index is 1340. The van der Waals surface area contributed by atoms with Crippen molar-refractivity contribution in [3.05, 3.63) is 0 Å². The largest absolute Gasteiger partial charge is 0.480 e. The van der Waals surface area contributed by atoms with Gasteiger partial charge in [-0.3, -0.25) is 14.5 Å². The fourth-order valence-electron chi connectivity index (χ4n) is 13.6. The maximum atomic E-state index is 12.4. The van der Waals surface area contributed by atoms with Crippen molar-refractivity contribution in [2.24, 2.45) is 51.1 Å². The first-order chi connectivity index (χ1) is 22.7. The van der Waals surface area contributed by atoms with Crippen LogP contribution in [0.5, 0.6) is 0 Å². The van der Waals surface area contributed by atoms with Gasteiger partial charge in [-0.15, -0.1) is 0 Å². The zero-order valence-corrected chi connectivity index (χ0v) is 30.9. The minimum Gasteiger partial charge on any atom is -0.480 e. The Morgan fingerprint density at radius 2 is 1.73 bits per heavy atom. The molecule has 3 unspecified atom stereocenters. The molecule has 11 nitrogen and oxygen atoms in total. The molecule has 15 atom stereocenters. The van der Waals surface area contributed by atoms with Gasteiger partial charge in [0.25, 0.3) is 0 Å². The molecular weight excluding hydrogens is 628 g/mol. The first kappa shape index (κ1) is 36.0. The minimum absolute atomic E-state index is 0.00941. The third-order valence-electron chi connectivity index (χ3n) is 15.9. The van der Waals surface area contributed by atoms with Crippen molar-refractivity contribution in [1.29, 1.82) is 0 Å². The predicted octanol–water partition coefficient (Wildman–Crippen LogP) is 3.71. The van der Waals surface area contributed by atoms with Crippen molar-refractivity contribution in [2.45, 2.75) is 161 Å². The van der Waals surface area contributed by atoms with Gasteiger partial charge >= 0.3 is 11.9 Å². The summed E-state index contributed by atoms with van der Waals surface area (Å²) in [5.41, 5.74) is 5.46. The molecule has 2 spiro atoms. The Kier molecular flexibility index (Phi) is 8.52. The van der Waals surface area contributed by atoms with Crippen LogP contribution in [0.2, 0.25) is 0 Å². The maximum absolute atomic E-state index is 12.4. The maximum Gasteiger partial charge on any atom is 0.320 e. The second-order valence-corrected chi connectivity index (χ2v) is 18.8. The molecule has 7 aliphatic rings. The van der Waals surface area contributed by atoms with E-state index >= 15 is 0 Å². The number of aliphatic hydroxyl groups excluding tert-OH is 1. The van der Waals surface area contributed by atoms with Gasteiger partial charge in [0.2, 0.25) is 0 Å². The number of carbonyl (C=O) groups is 2. The molecule has 7 rings (SSSR count). The summed E-state index contributed by atoms with van der Waals surface area (Å²) in [5.74, 6) is -0.439. The number of ether oxygens (including phenoxy) is 4. The second kappa shape index (κ2) is 11.6. The van der Waals surface area contributed by atoms with Crippen LogP contribution >= 0.6 is 0 Å². The molecule has 0 amide bonds. The molecule has 0 bridgehead atoms. The number of hydrogen-bond acceptors (Lipinski definition) is 10. The van der Waals surface area contributed by atoms with Gasteiger partial charge in [-0.25, -0.2) is 0 Å². The van der Waals surface area contributed by atoms with Crippen LogP contribution in [0, 0.1) is 45.3 Å². The molecule has 0 aromatic carbocycles. The Hall–Kier alpha value is -1.34. The molecule has 11 heteroatoms. The lowest BCUT2D eigenvalue weighted by atomic mass is 9.43. The number of rotatable bonds is 7. The Balaban J connectivity index is 1.12. The van der Waals surface area contributed by atoms with Crippen molar-refractivity contribution in [3.63, 3.8) is 0 Å². The lowest BCUT2D eigenvalue weighted by molar-refractivity contribution is -0.248. The van der Waals surface area contributed by atoms with E-state index in [9.17, 15) is 24.9 Å². The summed E-state index contributed by atoms with van der Waals surface area (Å²) in [5, 5.41) is 33.0. The van der Waals surface area contributed by atoms with Crippen molar-refractivity contribution < 1.29 is 43.9 Å². The van der Waals surface area contributed by atoms with Crippen LogP contribution in [0.15, 0.2) is 0 Å². The Morgan fingerprint density at radius 3 is 2.39 bits per heavy atom. The van der Waals surface area contributed by atoms with E-state index in [4.69, 9.17) is 24.7 Å². The topological polar surface area (TPSA) is 161 Å². The average molecular weight is 691 g/mol. The normalized spacial score (nSPS) is 50.1. The van der Waals surface area contributed by atoms with E-state index in [0.717, 1.165) is 44.9 Å². The number of nitrogens with two attached hydrogens (primary N) is 1.